The zero-order valence-corrected chi connectivity index (χ0v) is 14.0. The minimum absolute atomic E-state index is 0.0963. The number of nitrogens with zero attached hydrogens (tertiary/aromatic N) is 2. The first-order chi connectivity index (χ1) is 11.6. The molecule has 1 aliphatic rings. The highest BCUT2D eigenvalue weighted by Crippen LogP contribution is 2.16. The van der Waals surface area contributed by atoms with E-state index in [0.29, 0.717) is 0 Å². The van der Waals surface area contributed by atoms with Crippen molar-refractivity contribution >= 4 is 17.2 Å². The standard InChI is InChI=1S/C17H19F2N3OS/c18-14-5-4-12(8-15(14)19)17(23)20-9-16-21-13(11-24-16)10-22-6-2-1-3-7-22/h4-5,8,11H,1-3,6-7,9-10H2,(H,20,23). The molecule has 3 rings (SSSR count). The Morgan fingerprint density at radius 3 is 2.75 bits per heavy atom. The largest absolute Gasteiger partial charge is 0.346 e. The molecule has 1 N–H and O–H groups in total. The summed E-state index contributed by atoms with van der Waals surface area (Å²) in [5, 5.41) is 5.50. The molecular formula is C17H19F2N3OS. The minimum Gasteiger partial charge on any atom is -0.346 e. The van der Waals surface area contributed by atoms with Crippen LogP contribution in [0.5, 0.6) is 0 Å². The Balaban J connectivity index is 1.52. The van der Waals surface area contributed by atoms with Gasteiger partial charge in [0.2, 0.25) is 0 Å². The number of hydrogen-bond donors (Lipinski definition) is 1. The maximum atomic E-state index is 13.2. The predicted molar refractivity (Wildman–Crippen MR) is 88.8 cm³/mol. The highest BCUT2D eigenvalue weighted by atomic mass is 32.1. The van der Waals surface area contributed by atoms with Crippen LogP contribution in [0, 0.1) is 11.6 Å². The van der Waals surface area contributed by atoms with Crippen LogP contribution < -0.4 is 5.32 Å². The molecule has 1 saturated heterocycles. The first kappa shape index (κ1) is 17.0. The van der Waals surface area contributed by atoms with Crippen molar-refractivity contribution in [1.29, 1.82) is 0 Å². The van der Waals surface area contributed by atoms with Gasteiger partial charge in [-0.2, -0.15) is 0 Å². The van der Waals surface area contributed by atoms with E-state index in [1.807, 2.05) is 5.38 Å². The van der Waals surface area contributed by atoms with E-state index in [1.54, 1.807) is 0 Å². The monoisotopic (exact) mass is 351 g/mol. The Kier molecular flexibility index (Phi) is 5.52. The van der Waals surface area contributed by atoms with Crippen LogP contribution in [0.15, 0.2) is 23.6 Å². The van der Waals surface area contributed by atoms with Gasteiger partial charge in [0.05, 0.1) is 12.2 Å². The van der Waals surface area contributed by atoms with Crippen molar-refractivity contribution in [2.45, 2.75) is 32.4 Å². The third-order valence-corrected chi connectivity index (χ3v) is 4.91. The molecule has 0 bridgehead atoms. The third kappa shape index (κ3) is 4.36. The molecule has 2 aromatic rings. The van der Waals surface area contributed by atoms with Crippen LogP contribution in [0.2, 0.25) is 0 Å². The lowest BCUT2D eigenvalue weighted by Crippen LogP contribution is -2.29. The fraction of sp³-hybridized carbons (Fsp3) is 0.412. The molecule has 1 aromatic carbocycles. The van der Waals surface area contributed by atoms with Crippen molar-refractivity contribution in [3.05, 3.63) is 51.5 Å². The minimum atomic E-state index is -1.03. The number of rotatable bonds is 5. The molecule has 0 spiro atoms. The van der Waals surface area contributed by atoms with Crippen LogP contribution in [-0.4, -0.2) is 28.9 Å². The highest BCUT2D eigenvalue weighted by Gasteiger charge is 2.13. The van der Waals surface area contributed by atoms with Crippen LogP contribution in [0.25, 0.3) is 0 Å². The van der Waals surface area contributed by atoms with E-state index < -0.39 is 17.5 Å². The number of nitrogens with one attached hydrogen (secondary N) is 1. The average molecular weight is 351 g/mol. The van der Waals surface area contributed by atoms with Gasteiger partial charge in [0.25, 0.3) is 5.91 Å². The van der Waals surface area contributed by atoms with Gasteiger partial charge in [0.15, 0.2) is 11.6 Å². The van der Waals surface area contributed by atoms with Crippen LogP contribution in [0.3, 0.4) is 0 Å². The number of hydrogen-bond acceptors (Lipinski definition) is 4. The van der Waals surface area contributed by atoms with E-state index in [9.17, 15) is 13.6 Å². The Hall–Kier alpha value is -1.86. The van der Waals surface area contributed by atoms with Crippen LogP contribution in [0.4, 0.5) is 8.78 Å². The van der Waals surface area contributed by atoms with Gasteiger partial charge in [-0.25, -0.2) is 13.8 Å². The lowest BCUT2D eigenvalue weighted by molar-refractivity contribution is 0.0950. The molecular weight excluding hydrogens is 332 g/mol. The maximum Gasteiger partial charge on any atom is 0.251 e. The third-order valence-electron chi connectivity index (χ3n) is 4.02. The summed E-state index contributed by atoms with van der Waals surface area (Å²) in [5.41, 5.74) is 1.11. The zero-order chi connectivity index (χ0) is 16.9. The van der Waals surface area contributed by atoms with E-state index >= 15 is 0 Å². The SMILES string of the molecule is O=C(NCc1nc(CN2CCCCC2)cs1)c1ccc(F)c(F)c1. The van der Waals surface area contributed by atoms with Crippen molar-refractivity contribution in [3.8, 4) is 0 Å². The fourth-order valence-electron chi connectivity index (χ4n) is 2.74. The summed E-state index contributed by atoms with van der Waals surface area (Å²) in [6, 6.07) is 3.11. The zero-order valence-electron chi connectivity index (χ0n) is 13.2. The van der Waals surface area contributed by atoms with Gasteiger partial charge in [-0.3, -0.25) is 9.69 Å². The second-order valence-corrected chi connectivity index (χ2v) is 6.82. The Labute approximate surface area is 143 Å². The van der Waals surface area contributed by atoms with E-state index in [2.05, 4.69) is 15.2 Å². The van der Waals surface area contributed by atoms with Gasteiger partial charge >= 0.3 is 0 Å². The van der Waals surface area contributed by atoms with Crippen molar-refractivity contribution < 1.29 is 13.6 Å². The maximum absolute atomic E-state index is 13.2. The normalized spacial score (nSPS) is 15.4. The van der Waals surface area contributed by atoms with Gasteiger partial charge in [0, 0.05) is 17.5 Å². The van der Waals surface area contributed by atoms with Gasteiger partial charge in [-0.1, -0.05) is 6.42 Å². The number of aromatic nitrogens is 1. The summed E-state index contributed by atoms with van der Waals surface area (Å²) in [4.78, 5) is 18.9. The van der Waals surface area contributed by atoms with E-state index in [1.165, 1.54) is 36.7 Å². The quantitative estimate of drug-likeness (QED) is 0.899. The molecule has 0 unspecified atom stereocenters. The lowest BCUT2D eigenvalue weighted by Gasteiger charge is -2.25. The number of benzene rings is 1. The molecule has 4 nitrogen and oxygen atoms in total. The van der Waals surface area contributed by atoms with Crippen molar-refractivity contribution in [2.24, 2.45) is 0 Å². The van der Waals surface area contributed by atoms with Crippen LogP contribution in [-0.2, 0) is 13.1 Å². The van der Waals surface area contributed by atoms with Gasteiger partial charge < -0.3 is 5.32 Å². The van der Waals surface area contributed by atoms with Gasteiger partial charge in [-0.15, -0.1) is 11.3 Å². The molecule has 0 atom stereocenters. The Morgan fingerprint density at radius 2 is 2.00 bits per heavy atom. The molecule has 1 aromatic heterocycles. The van der Waals surface area contributed by atoms with Gasteiger partial charge in [-0.05, 0) is 44.1 Å². The smallest absolute Gasteiger partial charge is 0.251 e. The van der Waals surface area contributed by atoms with E-state index in [4.69, 9.17) is 0 Å². The van der Waals surface area contributed by atoms with Crippen LogP contribution >= 0.6 is 11.3 Å². The molecule has 1 aliphatic heterocycles. The van der Waals surface area contributed by atoms with E-state index in [-0.39, 0.29) is 12.1 Å². The Morgan fingerprint density at radius 1 is 1.21 bits per heavy atom. The fourth-order valence-corrected chi connectivity index (χ4v) is 3.47. The lowest BCUT2D eigenvalue weighted by atomic mass is 10.1. The number of carbonyl (C=O) groups is 1. The van der Waals surface area contributed by atoms with E-state index in [0.717, 1.165) is 42.5 Å². The first-order valence-electron chi connectivity index (χ1n) is 8.01. The molecule has 1 amide bonds. The molecule has 0 aliphatic carbocycles. The molecule has 0 radical (unpaired) electrons. The molecule has 24 heavy (non-hydrogen) atoms. The summed E-state index contributed by atoms with van der Waals surface area (Å²) < 4.78 is 26.0. The summed E-state index contributed by atoms with van der Waals surface area (Å²) in [6.45, 7) is 3.34. The summed E-state index contributed by atoms with van der Waals surface area (Å²) >= 11 is 1.49. The average Bonchev–Trinajstić information content (AvgIpc) is 3.03. The summed E-state index contributed by atoms with van der Waals surface area (Å²) in [5.74, 6) is -2.43. The molecule has 2 heterocycles. The number of halogens is 2. The topological polar surface area (TPSA) is 45.2 Å². The van der Waals surface area contributed by atoms with Crippen molar-refractivity contribution in [1.82, 2.24) is 15.2 Å². The first-order valence-corrected chi connectivity index (χ1v) is 8.88. The number of carbonyl (C=O) groups excluding carboxylic acids is 1. The van der Waals surface area contributed by atoms with Crippen molar-refractivity contribution in [3.63, 3.8) is 0 Å². The number of likely N-dealkylation sites (tertiary alicyclic amines) is 1. The molecule has 0 saturated carbocycles. The Bertz CT molecular complexity index is 714. The number of piperidine rings is 1. The predicted octanol–water partition coefficient (Wildman–Crippen LogP) is 3.34. The molecule has 128 valence electrons. The second kappa shape index (κ2) is 7.81. The highest BCUT2D eigenvalue weighted by molar-refractivity contribution is 7.09. The molecule has 1 fully saturated rings. The van der Waals surface area contributed by atoms with Crippen molar-refractivity contribution in [2.75, 3.05) is 13.1 Å². The number of thiazole rings is 1. The summed E-state index contributed by atoms with van der Waals surface area (Å²) in [6.07, 6.45) is 3.78. The second-order valence-electron chi connectivity index (χ2n) is 5.88. The summed E-state index contributed by atoms with van der Waals surface area (Å²) in [7, 11) is 0. The molecule has 7 heteroatoms. The van der Waals surface area contributed by atoms with Crippen LogP contribution in [0.1, 0.15) is 40.3 Å². The number of amides is 1. The van der Waals surface area contributed by atoms with Gasteiger partial charge in [0.1, 0.15) is 5.01 Å².